The smallest absolute Gasteiger partial charge is 0.246 e. The molecule has 1 fully saturated rings. The zero-order valence-corrected chi connectivity index (χ0v) is 11.9. The molecule has 106 valence electrons. The van der Waals surface area contributed by atoms with Crippen molar-refractivity contribution in [3.63, 3.8) is 0 Å². The second kappa shape index (κ2) is 5.30. The molecule has 1 aliphatic heterocycles. The molecule has 1 unspecified atom stereocenters. The standard InChI is InChI=1S/C11H18N4O3S/c1-12-11(16)10-5-3-4-6-15(10)19(17,18)9-7-13-14(2)8-9/h7-8,10H,3-6H2,1-2H3,(H,12,16). The van der Waals surface area contributed by atoms with Crippen molar-refractivity contribution in [3.8, 4) is 0 Å². The van der Waals surface area contributed by atoms with Gasteiger partial charge in [0, 0.05) is 26.8 Å². The van der Waals surface area contributed by atoms with Crippen LogP contribution in [-0.2, 0) is 21.9 Å². The summed E-state index contributed by atoms with van der Waals surface area (Å²) >= 11 is 0. The minimum absolute atomic E-state index is 0.130. The number of nitrogens with one attached hydrogen (secondary N) is 1. The number of amides is 1. The Balaban J connectivity index is 2.34. The van der Waals surface area contributed by atoms with Gasteiger partial charge in [0.05, 0.1) is 6.20 Å². The summed E-state index contributed by atoms with van der Waals surface area (Å²) in [5.41, 5.74) is 0. The molecule has 8 heteroatoms. The molecule has 0 saturated carbocycles. The molecule has 1 amide bonds. The van der Waals surface area contributed by atoms with Gasteiger partial charge in [0.1, 0.15) is 10.9 Å². The summed E-state index contributed by atoms with van der Waals surface area (Å²) in [6, 6.07) is -0.621. The Morgan fingerprint density at radius 3 is 2.79 bits per heavy atom. The van der Waals surface area contributed by atoms with Gasteiger partial charge in [-0.2, -0.15) is 9.40 Å². The van der Waals surface area contributed by atoms with E-state index in [1.165, 1.54) is 28.4 Å². The summed E-state index contributed by atoms with van der Waals surface area (Å²) in [5, 5.41) is 6.41. The quantitative estimate of drug-likeness (QED) is 0.827. The molecule has 1 saturated heterocycles. The maximum atomic E-state index is 12.5. The minimum Gasteiger partial charge on any atom is -0.358 e. The highest BCUT2D eigenvalue weighted by molar-refractivity contribution is 7.89. The van der Waals surface area contributed by atoms with Crippen molar-refractivity contribution in [1.29, 1.82) is 0 Å². The van der Waals surface area contributed by atoms with E-state index in [0.29, 0.717) is 13.0 Å². The maximum Gasteiger partial charge on any atom is 0.246 e. The van der Waals surface area contributed by atoms with Crippen molar-refractivity contribution >= 4 is 15.9 Å². The maximum absolute atomic E-state index is 12.5. The highest BCUT2D eigenvalue weighted by Crippen LogP contribution is 2.25. The number of hydrogen-bond donors (Lipinski definition) is 1. The third kappa shape index (κ3) is 2.64. The minimum atomic E-state index is -3.66. The fraction of sp³-hybridized carbons (Fsp3) is 0.636. The van der Waals surface area contributed by atoms with E-state index >= 15 is 0 Å². The SMILES string of the molecule is CNC(=O)C1CCCCN1S(=O)(=O)c1cnn(C)c1. The predicted octanol–water partition coefficient (Wildman–Crippen LogP) is -0.291. The molecule has 2 heterocycles. The molecule has 0 bridgehead atoms. The Kier molecular flexibility index (Phi) is 3.91. The molecule has 0 spiro atoms. The van der Waals surface area contributed by atoms with Crippen LogP contribution in [0.1, 0.15) is 19.3 Å². The number of likely N-dealkylation sites (N-methyl/N-ethyl adjacent to an activating group) is 1. The van der Waals surface area contributed by atoms with Crippen molar-refractivity contribution in [2.45, 2.75) is 30.2 Å². The molecule has 1 aromatic heterocycles. The number of aryl methyl sites for hydroxylation is 1. The van der Waals surface area contributed by atoms with Gasteiger partial charge in [0.2, 0.25) is 15.9 Å². The van der Waals surface area contributed by atoms with Crippen LogP contribution in [0.15, 0.2) is 17.3 Å². The molecule has 2 rings (SSSR count). The van der Waals surface area contributed by atoms with Gasteiger partial charge in [-0.25, -0.2) is 8.42 Å². The van der Waals surface area contributed by atoms with Gasteiger partial charge >= 0.3 is 0 Å². The van der Waals surface area contributed by atoms with Gasteiger partial charge in [-0.15, -0.1) is 0 Å². The van der Waals surface area contributed by atoms with Crippen LogP contribution in [0.2, 0.25) is 0 Å². The molecular weight excluding hydrogens is 268 g/mol. The molecular formula is C11H18N4O3S. The molecule has 19 heavy (non-hydrogen) atoms. The fourth-order valence-corrected chi connectivity index (χ4v) is 3.93. The average Bonchev–Trinajstić information content (AvgIpc) is 2.85. The van der Waals surface area contributed by atoms with Crippen molar-refractivity contribution < 1.29 is 13.2 Å². The molecule has 0 aliphatic carbocycles. The van der Waals surface area contributed by atoms with Crippen molar-refractivity contribution in [2.75, 3.05) is 13.6 Å². The van der Waals surface area contributed by atoms with Crippen molar-refractivity contribution in [3.05, 3.63) is 12.4 Å². The van der Waals surface area contributed by atoms with Crippen molar-refractivity contribution in [2.24, 2.45) is 7.05 Å². The normalized spacial score (nSPS) is 21.3. The lowest BCUT2D eigenvalue weighted by Gasteiger charge is -2.32. The Morgan fingerprint density at radius 1 is 1.47 bits per heavy atom. The number of carbonyl (C=O) groups is 1. The average molecular weight is 286 g/mol. The van der Waals surface area contributed by atoms with Gasteiger partial charge in [0.25, 0.3) is 0 Å². The lowest BCUT2D eigenvalue weighted by molar-refractivity contribution is -0.125. The Morgan fingerprint density at radius 2 is 2.21 bits per heavy atom. The van der Waals surface area contributed by atoms with E-state index in [1.54, 1.807) is 7.05 Å². The summed E-state index contributed by atoms with van der Waals surface area (Å²) in [6.45, 7) is 0.370. The zero-order valence-electron chi connectivity index (χ0n) is 11.0. The van der Waals surface area contributed by atoms with Crippen LogP contribution in [0, 0.1) is 0 Å². The fourth-order valence-electron chi connectivity index (χ4n) is 2.29. The molecule has 7 nitrogen and oxygen atoms in total. The van der Waals surface area contributed by atoms with Gasteiger partial charge in [-0.1, -0.05) is 6.42 Å². The van der Waals surface area contributed by atoms with Crippen LogP contribution in [0.4, 0.5) is 0 Å². The third-order valence-electron chi connectivity index (χ3n) is 3.29. The Hall–Kier alpha value is -1.41. The molecule has 0 radical (unpaired) electrons. The molecule has 1 atom stereocenters. The van der Waals surface area contributed by atoms with E-state index in [4.69, 9.17) is 0 Å². The molecule has 0 aromatic carbocycles. The summed E-state index contributed by atoms with van der Waals surface area (Å²) < 4.78 is 27.8. The summed E-state index contributed by atoms with van der Waals surface area (Å²) in [7, 11) is -0.478. The number of aromatic nitrogens is 2. The van der Waals surface area contributed by atoms with Crippen LogP contribution in [0.3, 0.4) is 0 Å². The third-order valence-corrected chi connectivity index (χ3v) is 5.15. The molecule has 1 aromatic rings. The van der Waals surface area contributed by atoms with E-state index < -0.39 is 16.1 Å². The molecule has 1 N–H and O–H groups in total. The van der Waals surface area contributed by atoms with Crippen molar-refractivity contribution in [1.82, 2.24) is 19.4 Å². The first-order chi connectivity index (χ1) is 8.96. The predicted molar refractivity (Wildman–Crippen MR) is 68.8 cm³/mol. The van der Waals surface area contributed by atoms with E-state index in [1.807, 2.05) is 0 Å². The van der Waals surface area contributed by atoms with Crippen LogP contribution < -0.4 is 5.32 Å². The summed E-state index contributed by atoms with van der Waals surface area (Å²) in [4.78, 5) is 12.0. The van der Waals surface area contributed by atoms with Gasteiger partial charge in [0.15, 0.2) is 0 Å². The summed E-state index contributed by atoms with van der Waals surface area (Å²) in [5.74, 6) is -0.257. The highest BCUT2D eigenvalue weighted by atomic mass is 32.2. The second-order valence-electron chi connectivity index (χ2n) is 4.59. The van der Waals surface area contributed by atoms with E-state index in [9.17, 15) is 13.2 Å². The number of hydrogen-bond acceptors (Lipinski definition) is 4. The largest absolute Gasteiger partial charge is 0.358 e. The van der Waals surface area contributed by atoms with Crippen LogP contribution >= 0.6 is 0 Å². The number of rotatable bonds is 3. The van der Waals surface area contributed by atoms with Gasteiger partial charge < -0.3 is 5.32 Å². The zero-order chi connectivity index (χ0) is 14.0. The monoisotopic (exact) mass is 286 g/mol. The number of nitrogens with zero attached hydrogens (tertiary/aromatic N) is 3. The molecule has 1 aliphatic rings. The van der Waals surface area contributed by atoms with Crippen LogP contribution in [-0.4, -0.2) is 48.0 Å². The number of piperidine rings is 1. The lowest BCUT2D eigenvalue weighted by Crippen LogP contribution is -2.51. The first kappa shape index (κ1) is 14.0. The Bertz CT molecular complexity index is 566. The number of sulfonamides is 1. The van der Waals surface area contributed by atoms with Gasteiger partial charge in [-0.3, -0.25) is 9.48 Å². The van der Waals surface area contributed by atoms with Crippen LogP contribution in [0.5, 0.6) is 0 Å². The Labute approximate surface area is 112 Å². The first-order valence-corrected chi connectivity index (χ1v) is 7.63. The second-order valence-corrected chi connectivity index (χ2v) is 6.48. The van der Waals surface area contributed by atoms with Crippen LogP contribution in [0.25, 0.3) is 0 Å². The van der Waals surface area contributed by atoms with E-state index in [2.05, 4.69) is 10.4 Å². The number of carbonyl (C=O) groups excluding carboxylic acids is 1. The highest BCUT2D eigenvalue weighted by Gasteiger charge is 2.37. The van der Waals surface area contributed by atoms with E-state index in [-0.39, 0.29) is 10.8 Å². The summed E-state index contributed by atoms with van der Waals surface area (Å²) in [6.07, 6.45) is 4.94. The topological polar surface area (TPSA) is 84.3 Å². The van der Waals surface area contributed by atoms with E-state index in [0.717, 1.165) is 12.8 Å². The van der Waals surface area contributed by atoms with Gasteiger partial charge in [-0.05, 0) is 12.8 Å². The first-order valence-electron chi connectivity index (χ1n) is 6.19. The lowest BCUT2D eigenvalue weighted by atomic mass is 10.0.